The minimum absolute atomic E-state index is 0.186. The molecular formula is C5H4F3N3O3. The van der Waals surface area contributed by atoms with Gasteiger partial charge in [0.1, 0.15) is 6.54 Å². The van der Waals surface area contributed by atoms with Gasteiger partial charge in [-0.05, 0) is 0 Å². The van der Waals surface area contributed by atoms with E-state index in [9.17, 15) is 22.8 Å². The summed E-state index contributed by atoms with van der Waals surface area (Å²) < 4.78 is 36.0. The number of carboxylic acid groups (broad SMARTS) is 1. The van der Waals surface area contributed by atoms with Crippen LogP contribution in [0.5, 0.6) is 0 Å². The van der Waals surface area contributed by atoms with Crippen LogP contribution in [0.2, 0.25) is 0 Å². The number of carboxylic acids is 1. The number of hydrogen-bond donors (Lipinski definition) is 2. The number of H-pyrrole nitrogens is 1. The summed E-state index contributed by atoms with van der Waals surface area (Å²) in [4.78, 5) is 22.2. The minimum Gasteiger partial charge on any atom is -0.480 e. The number of nitrogens with one attached hydrogen (secondary N) is 1. The molecule has 1 aromatic heterocycles. The molecule has 0 aromatic carbocycles. The highest BCUT2D eigenvalue weighted by atomic mass is 19.4. The van der Waals surface area contributed by atoms with E-state index in [2.05, 4.69) is 5.10 Å². The third-order valence-electron chi connectivity index (χ3n) is 1.23. The van der Waals surface area contributed by atoms with E-state index in [1.165, 1.54) is 4.98 Å². The first-order valence-corrected chi connectivity index (χ1v) is 3.27. The molecule has 78 valence electrons. The molecule has 14 heavy (non-hydrogen) atoms. The molecule has 0 saturated heterocycles. The molecule has 6 nitrogen and oxygen atoms in total. The van der Waals surface area contributed by atoms with Gasteiger partial charge in [0.25, 0.3) is 0 Å². The Kier molecular flexibility index (Phi) is 2.32. The van der Waals surface area contributed by atoms with Crippen molar-refractivity contribution in [1.29, 1.82) is 0 Å². The molecule has 0 unspecified atom stereocenters. The third kappa shape index (κ3) is 2.12. The van der Waals surface area contributed by atoms with Crippen molar-refractivity contribution < 1.29 is 23.1 Å². The van der Waals surface area contributed by atoms with Crippen LogP contribution < -0.4 is 5.69 Å². The summed E-state index contributed by atoms with van der Waals surface area (Å²) in [5.74, 6) is -2.96. The Balaban J connectivity index is 3.06. The predicted molar refractivity (Wildman–Crippen MR) is 35.5 cm³/mol. The second-order valence-corrected chi connectivity index (χ2v) is 2.33. The molecule has 0 atom stereocenters. The standard InChI is InChI=1S/C5H4F3N3O3/c6-5(7,8)3-9-4(14)11(10-3)1-2(12)13/h1H2,(H,12,13)(H,9,10,14). The highest BCUT2D eigenvalue weighted by molar-refractivity contribution is 5.66. The molecule has 0 aliphatic rings. The number of aromatic nitrogens is 3. The van der Waals surface area contributed by atoms with Crippen LogP contribution in [0.25, 0.3) is 0 Å². The van der Waals surface area contributed by atoms with Crippen LogP contribution in [-0.4, -0.2) is 25.8 Å². The zero-order valence-corrected chi connectivity index (χ0v) is 6.50. The average molecular weight is 211 g/mol. The van der Waals surface area contributed by atoms with E-state index in [1.54, 1.807) is 0 Å². The molecule has 0 saturated carbocycles. The summed E-state index contributed by atoms with van der Waals surface area (Å²) >= 11 is 0. The van der Waals surface area contributed by atoms with Crippen LogP contribution in [0.4, 0.5) is 13.2 Å². The third-order valence-corrected chi connectivity index (χ3v) is 1.23. The quantitative estimate of drug-likeness (QED) is 0.701. The molecule has 9 heteroatoms. The van der Waals surface area contributed by atoms with Crippen molar-refractivity contribution in [3.8, 4) is 0 Å². The molecule has 0 fully saturated rings. The van der Waals surface area contributed by atoms with Crippen molar-refractivity contribution in [3.63, 3.8) is 0 Å². The van der Waals surface area contributed by atoms with E-state index in [-0.39, 0.29) is 4.68 Å². The van der Waals surface area contributed by atoms with E-state index >= 15 is 0 Å². The summed E-state index contributed by atoms with van der Waals surface area (Å²) in [5.41, 5.74) is -1.21. The van der Waals surface area contributed by atoms with Crippen LogP contribution in [0.1, 0.15) is 5.82 Å². The van der Waals surface area contributed by atoms with Crippen molar-refractivity contribution in [2.75, 3.05) is 0 Å². The van der Waals surface area contributed by atoms with Gasteiger partial charge < -0.3 is 5.11 Å². The Hall–Kier alpha value is -1.80. The summed E-state index contributed by atoms with van der Waals surface area (Å²) in [6, 6.07) is 0. The van der Waals surface area contributed by atoms with Gasteiger partial charge in [0.05, 0.1) is 0 Å². The smallest absolute Gasteiger partial charge is 0.451 e. The van der Waals surface area contributed by atoms with E-state index in [1.807, 2.05) is 0 Å². The van der Waals surface area contributed by atoms with Gasteiger partial charge in [0.2, 0.25) is 5.82 Å². The number of alkyl halides is 3. The number of nitrogens with zero attached hydrogens (tertiary/aromatic N) is 2. The van der Waals surface area contributed by atoms with Crippen LogP contribution in [0, 0.1) is 0 Å². The Labute approximate surface area is 74.0 Å². The molecule has 0 aliphatic heterocycles. The molecular weight excluding hydrogens is 207 g/mol. The summed E-state index contributed by atoms with van der Waals surface area (Å²) in [6.07, 6.45) is -4.79. The van der Waals surface area contributed by atoms with Crippen LogP contribution >= 0.6 is 0 Å². The van der Waals surface area contributed by atoms with Gasteiger partial charge in [-0.2, -0.15) is 13.2 Å². The number of hydrogen-bond acceptors (Lipinski definition) is 3. The molecule has 0 radical (unpaired) electrons. The van der Waals surface area contributed by atoms with Crippen LogP contribution in [0.15, 0.2) is 4.79 Å². The fourth-order valence-electron chi connectivity index (χ4n) is 0.720. The second-order valence-electron chi connectivity index (χ2n) is 2.33. The molecule has 1 rings (SSSR count). The maximum atomic E-state index is 11.9. The number of rotatable bonds is 2. The van der Waals surface area contributed by atoms with E-state index in [0.717, 1.165) is 0 Å². The molecule has 1 heterocycles. The Morgan fingerprint density at radius 3 is 2.50 bits per heavy atom. The van der Waals surface area contributed by atoms with Crippen LogP contribution in [-0.2, 0) is 17.5 Å². The normalized spacial score (nSPS) is 11.6. The topological polar surface area (TPSA) is 88.0 Å². The maximum absolute atomic E-state index is 11.9. The van der Waals surface area contributed by atoms with Crippen molar-refractivity contribution in [1.82, 2.24) is 14.8 Å². The fraction of sp³-hybridized carbons (Fsp3) is 0.400. The van der Waals surface area contributed by atoms with Crippen LogP contribution in [0.3, 0.4) is 0 Å². The lowest BCUT2D eigenvalue weighted by atomic mass is 10.6. The SMILES string of the molecule is O=C(O)Cn1nc(C(F)(F)F)[nH]c1=O. The lowest BCUT2D eigenvalue weighted by Gasteiger charge is -1.98. The summed E-state index contributed by atoms with van der Waals surface area (Å²) in [7, 11) is 0. The van der Waals surface area contributed by atoms with Crippen molar-refractivity contribution in [2.45, 2.75) is 12.7 Å². The van der Waals surface area contributed by atoms with Crippen molar-refractivity contribution in [3.05, 3.63) is 16.3 Å². The number of halogens is 3. The molecule has 1 aromatic rings. The molecule has 0 bridgehead atoms. The average Bonchev–Trinajstić information content (AvgIpc) is 2.30. The summed E-state index contributed by atoms with van der Waals surface area (Å²) in [5, 5.41) is 11.0. The Bertz CT molecular complexity index is 404. The zero-order chi connectivity index (χ0) is 10.9. The minimum atomic E-state index is -4.79. The van der Waals surface area contributed by atoms with E-state index < -0.39 is 30.2 Å². The number of carbonyl (C=O) groups is 1. The van der Waals surface area contributed by atoms with Gasteiger partial charge >= 0.3 is 17.8 Å². The number of aliphatic carboxylic acids is 1. The van der Waals surface area contributed by atoms with E-state index in [0.29, 0.717) is 0 Å². The first kappa shape index (κ1) is 10.3. The summed E-state index contributed by atoms with van der Waals surface area (Å²) in [6.45, 7) is -0.911. The fourth-order valence-corrected chi connectivity index (χ4v) is 0.720. The van der Waals surface area contributed by atoms with Gasteiger partial charge in [-0.3, -0.25) is 9.78 Å². The molecule has 0 aliphatic carbocycles. The van der Waals surface area contributed by atoms with E-state index in [4.69, 9.17) is 5.11 Å². The molecule has 0 amide bonds. The lowest BCUT2D eigenvalue weighted by molar-refractivity contribution is -0.145. The zero-order valence-electron chi connectivity index (χ0n) is 6.50. The largest absolute Gasteiger partial charge is 0.480 e. The van der Waals surface area contributed by atoms with Gasteiger partial charge in [-0.25, -0.2) is 9.48 Å². The number of aromatic amines is 1. The highest BCUT2D eigenvalue weighted by Crippen LogP contribution is 2.24. The van der Waals surface area contributed by atoms with Gasteiger partial charge in [0, 0.05) is 0 Å². The molecule has 2 N–H and O–H groups in total. The monoisotopic (exact) mass is 211 g/mol. The van der Waals surface area contributed by atoms with Gasteiger partial charge in [0.15, 0.2) is 0 Å². The first-order chi connectivity index (χ1) is 6.30. The molecule has 0 spiro atoms. The van der Waals surface area contributed by atoms with Gasteiger partial charge in [-0.15, -0.1) is 5.10 Å². The highest BCUT2D eigenvalue weighted by Gasteiger charge is 2.35. The predicted octanol–water partition coefficient (Wildman–Crippen LogP) is -0.325. The Morgan fingerprint density at radius 1 is 1.57 bits per heavy atom. The van der Waals surface area contributed by atoms with Crippen molar-refractivity contribution in [2.24, 2.45) is 0 Å². The van der Waals surface area contributed by atoms with Crippen molar-refractivity contribution >= 4 is 5.97 Å². The first-order valence-electron chi connectivity index (χ1n) is 3.27. The lowest BCUT2D eigenvalue weighted by Crippen LogP contribution is -2.22. The Morgan fingerprint density at radius 2 is 2.14 bits per heavy atom. The van der Waals surface area contributed by atoms with Gasteiger partial charge in [-0.1, -0.05) is 0 Å². The maximum Gasteiger partial charge on any atom is 0.451 e. The second kappa shape index (κ2) is 3.16.